The summed E-state index contributed by atoms with van der Waals surface area (Å²) in [6.07, 6.45) is 0. The molecule has 1 N–H and O–H groups in total. The van der Waals surface area contributed by atoms with Crippen molar-refractivity contribution in [3.8, 4) is 11.5 Å². The Labute approximate surface area is 196 Å². The lowest BCUT2D eigenvalue weighted by Gasteiger charge is -2.35. The molecule has 1 aliphatic rings. The molecule has 1 fully saturated rings. The van der Waals surface area contributed by atoms with Gasteiger partial charge < -0.3 is 19.5 Å². The summed E-state index contributed by atoms with van der Waals surface area (Å²) in [6, 6.07) is 22.1. The molecule has 1 saturated heterocycles. The van der Waals surface area contributed by atoms with Crippen molar-refractivity contribution >= 4 is 39.8 Å². The molecule has 7 nitrogen and oxygen atoms in total. The minimum Gasteiger partial charge on any atom is -0.411 e. The van der Waals surface area contributed by atoms with E-state index in [1.54, 1.807) is 0 Å². The van der Waals surface area contributed by atoms with Crippen molar-refractivity contribution < 1.29 is 9.21 Å². The number of nitrogens with one attached hydrogen (secondary N) is 1. The molecule has 0 spiro atoms. The molecule has 1 aliphatic heterocycles. The smallest absolute Gasteiger partial charge is 0.277 e. The Kier molecular flexibility index (Phi) is 6.28. The summed E-state index contributed by atoms with van der Waals surface area (Å²) in [7, 11) is 2.13. The normalized spacial score (nSPS) is 14.5. The van der Waals surface area contributed by atoms with Crippen LogP contribution in [0.5, 0.6) is 0 Å². The zero-order chi connectivity index (χ0) is 22.6. The van der Waals surface area contributed by atoms with Gasteiger partial charge in [0.15, 0.2) is 0 Å². The fourth-order valence-electron chi connectivity index (χ4n) is 3.92. The zero-order valence-electron chi connectivity index (χ0n) is 18.4. The lowest BCUT2D eigenvalue weighted by atomic mass is 10.1. The number of piperazine rings is 1. The van der Waals surface area contributed by atoms with Crippen molar-refractivity contribution in [3.05, 3.63) is 66.7 Å². The molecule has 0 bridgehead atoms. The van der Waals surface area contributed by atoms with Gasteiger partial charge in [0, 0.05) is 31.7 Å². The summed E-state index contributed by atoms with van der Waals surface area (Å²) in [5, 5.41) is 13.9. The molecule has 168 valence electrons. The van der Waals surface area contributed by atoms with E-state index in [2.05, 4.69) is 50.6 Å². The largest absolute Gasteiger partial charge is 0.411 e. The molecule has 0 unspecified atom stereocenters. The first kappa shape index (κ1) is 21.5. The first-order chi connectivity index (χ1) is 16.2. The average Bonchev–Trinajstić information content (AvgIpc) is 3.33. The number of thioether (sulfide) groups is 1. The van der Waals surface area contributed by atoms with Gasteiger partial charge in [-0.05, 0) is 42.1 Å². The number of fused-ring (bicyclic) bond motifs is 1. The fraction of sp³-hybridized carbons (Fsp3) is 0.240. The fourth-order valence-corrected chi connectivity index (χ4v) is 4.49. The molecule has 0 saturated carbocycles. The summed E-state index contributed by atoms with van der Waals surface area (Å²) in [4.78, 5) is 17.3. The minimum atomic E-state index is -0.105. The molecule has 3 aromatic carbocycles. The van der Waals surface area contributed by atoms with Crippen molar-refractivity contribution in [1.82, 2.24) is 15.1 Å². The molecule has 1 aromatic heterocycles. The highest BCUT2D eigenvalue weighted by molar-refractivity contribution is 7.99. The van der Waals surface area contributed by atoms with E-state index in [-0.39, 0.29) is 11.7 Å². The molecule has 4 aromatic rings. The number of nitrogens with zero attached hydrogens (tertiary/aromatic N) is 4. The van der Waals surface area contributed by atoms with Gasteiger partial charge in [0.2, 0.25) is 11.8 Å². The highest BCUT2D eigenvalue weighted by atomic mass is 32.2. The quantitative estimate of drug-likeness (QED) is 0.429. The van der Waals surface area contributed by atoms with Gasteiger partial charge in [0.1, 0.15) is 0 Å². The second-order valence-electron chi connectivity index (χ2n) is 8.08. The maximum Gasteiger partial charge on any atom is 0.277 e. The maximum atomic E-state index is 12.6. The van der Waals surface area contributed by atoms with Crippen LogP contribution in [0.2, 0.25) is 0 Å². The van der Waals surface area contributed by atoms with Crippen LogP contribution in [0.3, 0.4) is 0 Å². The van der Waals surface area contributed by atoms with Gasteiger partial charge in [0.05, 0.1) is 17.1 Å². The van der Waals surface area contributed by atoms with Gasteiger partial charge in [0.25, 0.3) is 5.22 Å². The van der Waals surface area contributed by atoms with E-state index in [4.69, 9.17) is 4.42 Å². The summed E-state index contributed by atoms with van der Waals surface area (Å²) in [5.74, 6) is 0.535. The molecular weight excluding hydrogens is 434 g/mol. The van der Waals surface area contributed by atoms with E-state index in [1.165, 1.54) is 11.8 Å². The Morgan fingerprint density at radius 1 is 0.970 bits per heavy atom. The molecule has 0 aliphatic carbocycles. The van der Waals surface area contributed by atoms with Crippen LogP contribution in [0, 0.1) is 0 Å². The van der Waals surface area contributed by atoms with Crippen molar-refractivity contribution in [2.24, 2.45) is 0 Å². The lowest BCUT2D eigenvalue weighted by Crippen LogP contribution is -2.44. The highest BCUT2D eigenvalue weighted by Crippen LogP contribution is 2.28. The predicted molar refractivity (Wildman–Crippen MR) is 133 cm³/mol. The molecular formula is C25H25N5O2S. The topological polar surface area (TPSA) is 74.5 Å². The standard InChI is InChI=1S/C25H25N5O2S/c1-29-12-14-30(15-13-29)22-9-5-4-8-21(22)26-23(31)17-33-25-28-27-24(32-25)20-11-10-18-6-2-3-7-19(18)16-20/h2-11,16H,12-15,17H2,1H3,(H,26,31). The third kappa shape index (κ3) is 5.02. The van der Waals surface area contributed by atoms with Gasteiger partial charge >= 0.3 is 0 Å². The molecule has 0 atom stereocenters. The monoisotopic (exact) mass is 459 g/mol. The Morgan fingerprint density at radius 3 is 2.58 bits per heavy atom. The maximum absolute atomic E-state index is 12.6. The third-order valence-electron chi connectivity index (χ3n) is 5.75. The van der Waals surface area contributed by atoms with E-state index in [9.17, 15) is 4.79 Å². The Balaban J connectivity index is 1.21. The van der Waals surface area contributed by atoms with E-state index >= 15 is 0 Å². The van der Waals surface area contributed by atoms with Crippen LogP contribution in [-0.2, 0) is 4.79 Å². The van der Waals surface area contributed by atoms with Gasteiger partial charge in [-0.3, -0.25) is 4.79 Å². The number of para-hydroxylation sites is 2. The molecule has 0 radical (unpaired) electrons. The van der Waals surface area contributed by atoms with Crippen LogP contribution in [-0.4, -0.2) is 60.0 Å². The van der Waals surface area contributed by atoms with E-state index < -0.39 is 0 Å². The zero-order valence-corrected chi connectivity index (χ0v) is 19.2. The molecule has 8 heteroatoms. The van der Waals surface area contributed by atoms with Crippen LogP contribution in [0.4, 0.5) is 11.4 Å². The Morgan fingerprint density at radius 2 is 1.73 bits per heavy atom. The highest BCUT2D eigenvalue weighted by Gasteiger charge is 2.18. The van der Waals surface area contributed by atoms with Gasteiger partial charge in [-0.25, -0.2) is 0 Å². The van der Waals surface area contributed by atoms with E-state index in [1.807, 2.05) is 48.5 Å². The number of carbonyl (C=O) groups is 1. The number of rotatable bonds is 6. The number of aromatic nitrogens is 2. The van der Waals surface area contributed by atoms with Gasteiger partial charge in [-0.2, -0.15) is 0 Å². The molecule has 2 heterocycles. The van der Waals surface area contributed by atoms with Crippen molar-refractivity contribution in [2.45, 2.75) is 5.22 Å². The molecule has 1 amide bonds. The second-order valence-corrected chi connectivity index (χ2v) is 9.01. The summed E-state index contributed by atoms with van der Waals surface area (Å²) in [5.41, 5.74) is 2.74. The Hall–Kier alpha value is -3.36. The summed E-state index contributed by atoms with van der Waals surface area (Å²) >= 11 is 1.24. The van der Waals surface area contributed by atoms with Crippen LogP contribution in [0.15, 0.2) is 76.4 Å². The number of amides is 1. The van der Waals surface area contributed by atoms with Crippen LogP contribution >= 0.6 is 11.8 Å². The average molecular weight is 460 g/mol. The van der Waals surface area contributed by atoms with E-state index in [0.717, 1.165) is 53.9 Å². The first-order valence-electron chi connectivity index (χ1n) is 10.9. The number of benzene rings is 3. The van der Waals surface area contributed by atoms with E-state index in [0.29, 0.717) is 11.1 Å². The summed E-state index contributed by atoms with van der Waals surface area (Å²) in [6.45, 7) is 3.90. The number of likely N-dealkylation sites (N-methyl/N-ethyl adjacent to an activating group) is 1. The van der Waals surface area contributed by atoms with Gasteiger partial charge in [-0.1, -0.05) is 54.2 Å². The van der Waals surface area contributed by atoms with Crippen molar-refractivity contribution in [1.29, 1.82) is 0 Å². The predicted octanol–water partition coefficient (Wildman–Crippen LogP) is 4.37. The van der Waals surface area contributed by atoms with Crippen molar-refractivity contribution in [2.75, 3.05) is 49.2 Å². The second kappa shape index (κ2) is 9.64. The lowest BCUT2D eigenvalue weighted by molar-refractivity contribution is -0.113. The van der Waals surface area contributed by atoms with Crippen molar-refractivity contribution in [3.63, 3.8) is 0 Å². The molecule has 5 rings (SSSR count). The first-order valence-corrected chi connectivity index (χ1v) is 11.9. The Bertz CT molecular complexity index is 1270. The summed E-state index contributed by atoms with van der Waals surface area (Å²) < 4.78 is 5.80. The molecule has 33 heavy (non-hydrogen) atoms. The third-order valence-corrected chi connectivity index (χ3v) is 6.57. The van der Waals surface area contributed by atoms with Crippen LogP contribution in [0.1, 0.15) is 0 Å². The number of hydrogen-bond acceptors (Lipinski definition) is 7. The SMILES string of the molecule is CN1CCN(c2ccccc2NC(=O)CSc2nnc(-c3ccc4ccccc4c3)o2)CC1. The number of anilines is 2. The van der Waals surface area contributed by atoms with Crippen LogP contribution in [0.25, 0.3) is 22.2 Å². The minimum absolute atomic E-state index is 0.105. The number of carbonyl (C=O) groups excluding carboxylic acids is 1. The number of hydrogen-bond donors (Lipinski definition) is 1. The van der Waals surface area contributed by atoms with Gasteiger partial charge in [-0.15, -0.1) is 10.2 Å². The van der Waals surface area contributed by atoms with Crippen LogP contribution < -0.4 is 10.2 Å².